The Balaban J connectivity index is 1.53. The zero-order valence-corrected chi connectivity index (χ0v) is 22.8. The lowest BCUT2D eigenvalue weighted by molar-refractivity contribution is -0.131. The number of benzene rings is 4. The minimum Gasteiger partial charge on any atom is -0.491 e. The van der Waals surface area contributed by atoms with Gasteiger partial charge in [-0.25, -0.2) is 8.78 Å². The van der Waals surface area contributed by atoms with Gasteiger partial charge in [-0.1, -0.05) is 35.9 Å². The fraction of sp³-hybridized carbons (Fsp3) is 0.188. The van der Waals surface area contributed by atoms with Gasteiger partial charge >= 0.3 is 0 Å². The molecule has 214 valence electrons. The molecule has 7 nitrogen and oxygen atoms in total. The van der Waals surface area contributed by atoms with E-state index < -0.39 is 40.8 Å². The van der Waals surface area contributed by atoms with Crippen molar-refractivity contribution in [3.05, 3.63) is 118 Å². The average molecular weight is 591 g/mol. The summed E-state index contributed by atoms with van der Waals surface area (Å²) in [6.07, 6.45) is -0.0962. The zero-order chi connectivity index (χ0) is 29.4. The second-order valence-electron chi connectivity index (χ2n) is 10.1. The number of carbonyl (C=O) groups is 2. The molecule has 4 aromatic rings. The van der Waals surface area contributed by atoms with E-state index >= 15 is 4.39 Å². The van der Waals surface area contributed by atoms with E-state index in [1.54, 1.807) is 54.6 Å². The van der Waals surface area contributed by atoms with Gasteiger partial charge in [0.25, 0.3) is 0 Å². The fourth-order valence-corrected chi connectivity index (χ4v) is 6.23. The first-order valence-corrected chi connectivity index (χ1v) is 13.7. The van der Waals surface area contributed by atoms with E-state index in [1.165, 1.54) is 30.3 Å². The predicted octanol–water partition coefficient (Wildman–Crippen LogP) is 6.02. The number of anilines is 1. The Bertz CT molecular complexity index is 1680. The van der Waals surface area contributed by atoms with E-state index in [1.807, 2.05) is 0 Å². The molecule has 6 rings (SSSR count). The number of halogens is 3. The fourth-order valence-electron chi connectivity index (χ4n) is 6.03. The summed E-state index contributed by atoms with van der Waals surface area (Å²) in [7, 11) is 0. The SMILES string of the molecule is O=C1C[C@@H](c2cccc(Cl)c2)C2(C(=O)Nc3cc(F)ccc32)[C@@H](c2c(F)cccc2Oc2ccc(OCCO)cc2)N1. The van der Waals surface area contributed by atoms with Crippen molar-refractivity contribution in [3.8, 4) is 17.2 Å². The molecule has 1 fully saturated rings. The molecule has 2 aliphatic rings. The molecule has 1 saturated heterocycles. The monoisotopic (exact) mass is 590 g/mol. The van der Waals surface area contributed by atoms with Crippen LogP contribution >= 0.6 is 11.6 Å². The molecule has 1 spiro atoms. The Morgan fingerprint density at radius 1 is 0.952 bits per heavy atom. The molecule has 3 N–H and O–H groups in total. The second-order valence-corrected chi connectivity index (χ2v) is 10.6. The molecule has 2 amide bonds. The largest absolute Gasteiger partial charge is 0.491 e. The summed E-state index contributed by atoms with van der Waals surface area (Å²) in [6, 6.07) is 20.3. The molecule has 1 unspecified atom stereocenters. The van der Waals surface area contributed by atoms with Crippen LogP contribution in [-0.4, -0.2) is 30.1 Å². The van der Waals surface area contributed by atoms with Crippen molar-refractivity contribution in [2.75, 3.05) is 18.5 Å². The van der Waals surface area contributed by atoms with E-state index in [-0.39, 0.29) is 36.6 Å². The third-order valence-corrected chi connectivity index (χ3v) is 7.95. The number of amides is 2. The van der Waals surface area contributed by atoms with E-state index in [4.69, 9.17) is 26.2 Å². The number of aliphatic hydroxyl groups is 1. The molecule has 3 atom stereocenters. The molecule has 0 bridgehead atoms. The standard InChI is InChI=1S/C32H25ClF2N2O5/c33-19-4-1-3-18(15-19)24-17-28(39)37-30(32(24)23-12-7-20(34)16-26(23)36-31(32)40)29-25(35)5-2-6-27(29)42-22-10-8-21(9-11-22)41-14-13-38/h1-12,15-16,24,30,38H,13-14,17H2,(H,36,40)(H,37,39)/t24-,30+,32?/m0/s1. The lowest BCUT2D eigenvalue weighted by Gasteiger charge is -2.46. The highest BCUT2D eigenvalue weighted by Gasteiger charge is 2.62. The smallest absolute Gasteiger partial charge is 0.238 e. The van der Waals surface area contributed by atoms with Gasteiger partial charge in [-0.3, -0.25) is 9.59 Å². The van der Waals surface area contributed by atoms with Crippen LogP contribution < -0.4 is 20.1 Å². The number of hydrogen-bond acceptors (Lipinski definition) is 5. The van der Waals surface area contributed by atoms with Crippen molar-refractivity contribution in [1.29, 1.82) is 0 Å². The summed E-state index contributed by atoms with van der Waals surface area (Å²) >= 11 is 6.33. The molecular formula is C32H25ClF2N2O5. The summed E-state index contributed by atoms with van der Waals surface area (Å²) in [5.41, 5.74) is -0.351. The Morgan fingerprint density at radius 3 is 2.48 bits per heavy atom. The Labute approximate surface area is 245 Å². The summed E-state index contributed by atoms with van der Waals surface area (Å²) in [5, 5.41) is 15.1. The van der Waals surface area contributed by atoms with Crippen molar-refractivity contribution in [1.82, 2.24) is 5.32 Å². The van der Waals surface area contributed by atoms with Gasteiger partial charge in [0, 0.05) is 23.0 Å². The summed E-state index contributed by atoms with van der Waals surface area (Å²) < 4.78 is 41.8. The van der Waals surface area contributed by atoms with Crippen LogP contribution in [-0.2, 0) is 15.0 Å². The number of piperidine rings is 1. The molecule has 2 heterocycles. The van der Waals surface area contributed by atoms with Crippen LogP contribution in [0.15, 0.2) is 84.9 Å². The van der Waals surface area contributed by atoms with Crippen molar-refractivity contribution in [2.24, 2.45) is 0 Å². The van der Waals surface area contributed by atoms with Crippen LogP contribution in [0, 0.1) is 11.6 Å². The number of nitrogens with one attached hydrogen (secondary N) is 2. The molecule has 2 aliphatic heterocycles. The van der Waals surface area contributed by atoms with E-state index in [2.05, 4.69) is 10.6 Å². The first-order chi connectivity index (χ1) is 20.3. The van der Waals surface area contributed by atoms with Crippen molar-refractivity contribution >= 4 is 29.1 Å². The Kier molecular flexibility index (Phi) is 7.30. The van der Waals surface area contributed by atoms with Crippen LogP contribution in [0.2, 0.25) is 5.02 Å². The van der Waals surface area contributed by atoms with Crippen molar-refractivity contribution in [2.45, 2.75) is 23.8 Å². The summed E-state index contributed by atoms with van der Waals surface area (Å²) in [5.74, 6) is -2.02. The van der Waals surface area contributed by atoms with Gasteiger partial charge in [0.05, 0.1) is 18.2 Å². The highest BCUT2D eigenvalue weighted by molar-refractivity contribution is 6.30. The molecule has 0 aliphatic carbocycles. The molecule has 10 heteroatoms. The molecule has 0 radical (unpaired) electrons. The van der Waals surface area contributed by atoms with Gasteiger partial charge in [-0.15, -0.1) is 0 Å². The van der Waals surface area contributed by atoms with Gasteiger partial charge in [0.15, 0.2) is 0 Å². The minimum absolute atomic E-state index is 0.0366. The molecular weight excluding hydrogens is 566 g/mol. The van der Waals surface area contributed by atoms with Crippen molar-refractivity contribution in [3.63, 3.8) is 0 Å². The number of hydrogen-bond donors (Lipinski definition) is 3. The first kappa shape index (κ1) is 27.7. The Morgan fingerprint density at radius 2 is 1.71 bits per heavy atom. The van der Waals surface area contributed by atoms with E-state index in [0.29, 0.717) is 27.6 Å². The highest BCUT2D eigenvalue weighted by atomic mass is 35.5. The Hall–Kier alpha value is -4.47. The number of carbonyl (C=O) groups excluding carboxylic acids is 2. The van der Waals surface area contributed by atoms with Gasteiger partial charge < -0.3 is 25.2 Å². The maximum absolute atomic E-state index is 16.0. The topological polar surface area (TPSA) is 96.9 Å². The minimum atomic E-state index is -1.58. The van der Waals surface area contributed by atoms with Gasteiger partial charge in [-0.2, -0.15) is 0 Å². The van der Waals surface area contributed by atoms with Crippen LogP contribution in [0.25, 0.3) is 0 Å². The third kappa shape index (κ3) is 4.74. The van der Waals surface area contributed by atoms with Gasteiger partial charge in [-0.05, 0) is 71.8 Å². The maximum Gasteiger partial charge on any atom is 0.238 e. The lowest BCUT2D eigenvalue weighted by atomic mass is 9.59. The first-order valence-electron chi connectivity index (χ1n) is 13.3. The normalized spacial score (nSPS) is 21.0. The van der Waals surface area contributed by atoms with Crippen LogP contribution in [0.4, 0.5) is 14.5 Å². The third-order valence-electron chi connectivity index (χ3n) is 7.72. The number of ether oxygens (including phenoxy) is 2. The molecule has 0 saturated carbocycles. The number of aliphatic hydroxyl groups excluding tert-OH is 1. The lowest BCUT2D eigenvalue weighted by Crippen LogP contribution is -2.57. The van der Waals surface area contributed by atoms with Gasteiger partial charge in [0.2, 0.25) is 11.8 Å². The zero-order valence-electron chi connectivity index (χ0n) is 22.1. The second kappa shape index (κ2) is 11.1. The van der Waals surface area contributed by atoms with Crippen LogP contribution in [0.5, 0.6) is 17.2 Å². The molecule has 4 aromatic carbocycles. The number of fused-ring (bicyclic) bond motifs is 2. The van der Waals surface area contributed by atoms with E-state index in [9.17, 15) is 14.0 Å². The quantitative estimate of drug-likeness (QED) is 0.245. The summed E-state index contributed by atoms with van der Waals surface area (Å²) in [6.45, 7) is -0.0156. The van der Waals surface area contributed by atoms with Crippen molar-refractivity contribution < 1.29 is 33.0 Å². The van der Waals surface area contributed by atoms with Crippen LogP contribution in [0.3, 0.4) is 0 Å². The molecule has 0 aromatic heterocycles. The highest BCUT2D eigenvalue weighted by Crippen LogP contribution is 2.58. The van der Waals surface area contributed by atoms with Gasteiger partial charge in [0.1, 0.15) is 40.9 Å². The number of rotatable bonds is 7. The average Bonchev–Trinajstić information content (AvgIpc) is 3.25. The van der Waals surface area contributed by atoms with E-state index in [0.717, 1.165) is 0 Å². The van der Waals surface area contributed by atoms with Crippen LogP contribution in [0.1, 0.15) is 35.1 Å². The maximum atomic E-state index is 16.0. The predicted molar refractivity (Wildman–Crippen MR) is 152 cm³/mol. The summed E-state index contributed by atoms with van der Waals surface area (Å²) in [4.78, 5) is 27.5. The molecule has 42 heavy (non-hydrogen) atoms.